The zero-order chi connectivity index (χ0) is 10.8. The Morgan fingerprint density at radius 3 is 2.43 bits per heavy atom. The standard InChI is InChI=1S/C14H22/c1-5-6-7-8-11-14(4)12-9-10-13(2)3/h2,5,10-11H,1,6-9,12H2,3-4H3/b13-10-,14-11+. The highest BCUT2D eigenvalue weighted by atomic mass is 13.9. The summed E-state index contributed by atoms with van der Waals surface area (Å²) in [6.45, 7) is 13.4. The summed E-state index contributed by atoms with van der Waals surface area (Å²) in [5.41, 5.74) is 2.39. The Kier molecular flexibility index (Phi) is 8.31. The lowest BCUT2D eigenvalue weighted by Gasteiger charge is -1.98. The van der Waals surface area contributed by atoms with Gasteiger partial charge in [-0.1, -0.05) is 29.4 Å². The van der Waals surface area contributed by atoms with Gasteiger partial charge in [0.1, 0.15) is 0 Å². The number of hydrogen-bond acceptors (Lipinski definition) is 0. The van der Waals surface area contributed by atoms with Gasteiger partial charge in [-0.15, -0.1) is 6.58 Å². The van der Waals surface area contributed by atoms with Gasteiger partial charge in [-0.3, -0.25) is 0 Å². The fraction of sp³-hybridized carbons (Fsp3) is 0.500. The van der Waals surface area contributed by atoms with Gasteiger partial charge in [0.2, 0.25) is 0 Å². The molecule has 0 aromatic rings. The Morgan fingerprint density at radius 2 is 1.86 bits per heavy atom. The zero-order valence-electron chi connectivity index (χ0n) is 9.55. The molecule has 0 saturated carbocycles. The van der Waals surface area contributed by atoms with Crippen LogP contribution in [0.1, 0.15) is 46.0 Å². The minimum Gasteiger partial charge on any atom is -0.103 e. The highest BCUT2D eigenvalue weighted by Gasteiger charge is 1.88. The van der Waals surface area contributed by atoms with E-state index in [1.54, 1.807) is 0 Å². The van der Waals surface area contributed by atoms with Gasteiger partial charge in [-0.25, -0.2) is 0 Å². The van der Waals surface area contributed by atoms with Gasteiger partial charge < -0.3 is 0 Å². The fourth-order valence-electron chi connectivity index (χ4n) is 1.24. The van der Waals surface area contributed by atoms with Crippen LogP contribution < -0.4 is 0 Å². The van der Waals surface area contributed by atoms with Crippen molar-refractivity contribution in [3.63, 3.8) is 0 Å². The molecule has 0 amide bonds. The van der Waals surface area contributed by atoms with Gasteiger partial charge in [0.05, 0.1) is 0 Å². The Hall–Kier alpha value is -0.780. The molecule has 0 atom stereocenters. The Labute approximate surface area is 89.4 Å². The second kappa shape index (κ2) is 8.80. The molecule has 0 aliphatic carbocycles. The molecule has 0 heterocycles. The molecule has 0 heteroatoms. The van der Waals surface area contributed by atoms with Crippen molar-refractivity contribution >= 4 is 0 Å². The first kappa shape index (κ1) is 13.2. The van der Waals surface area contributed by atoms with Gasteiger partial charge in [-0.2, -0.15) is 0 Å². The van der Waals surface area contributed by atoms with Crippen LogP contribution in [-0.2, 0) is 0 Å². The molecule has 0 nitrogen and oxygen atoms in total. The van der Waals surface area contributed by atoms with Gasteiger partial charge in [-0.05, 0) is 52.9 Å². The number of rotatable bonds is 7. The normalized spacial score (nSPS) is 13.1. The molecule has 78 valence electrons. The van der Waals surface area contributed by atoms with E-state index in [1.165, 1.54) is 18.4 Å². The van der Waals surface area contributed by atoms with Gasteiger partial charge in [0.25, 0.3) is 0 Å². The Morgan fingerprint density at radius 1 is 1.14 bits per heavy atom. The molecule has 14 heavy (non-hydrogen) atoms. The predicted octanol–water partition coefficient (Wildman–Crippen LogP) is 4.73. The van der Waals surface area contributed by atoms with Crippen LogP contribution in [0.3, 0.4) is 0 Å². The van der Waals surface area contributed by atoms with Crippen LogP contribution in [0.5, 0.6) is 0 Å². The van der Waals surface area contributed by atoms with Crippen molar-refractivity contribution in [3.05, 3.63) is 42.9 Å². The van der Waals surface area contributed by atoms with Crippen LogP contribution in [0.2, 0.25) is 0 Å². The molecule has 0 aromatic carbocycles. The average Bonchev–Trinajstić information content (AvgIpc) is 2.12. The number of hydrogen-bond donors (Lipinski definition) is 0. The van der Waals surface area contributed by atoms with Crippen molar-refractivity contribution in [3.8, 4) is 0 Å². The van der Waals surface area contributed by atoms with Gasteiger partial charge in [0.15, 0.2) is 0 Å². The molecule has 0 spiro atoms. The summed E-state index contributed by atoms with van der Waals surface area (Å²) in [6, 6.07) is 0. The first-order valence-electron chi connectivity index (χ1n) is 5.35. The van der Waals surface area contributed by atoms with E-state index in [4.69, 9.17) is 6.92 Å². The third-order valence-corrected chi connectivity index (χ3v) is 2.11. The van der Waals surface area contributed by atoms with Gasteiger partial charge in [0, 0.05) is 0 Å². The largest absolute Gasteiger partial charge is 0.103 e. The monoisotopic (exact) mass is 190 g/mol. The van der Waals surface area contributed by atoms with Crippen molar-refractivity contribution in [1.82, 2.24) is 0 Å². The maximum atomic E-state index is 5.55. The van der Waals surface area contributed by atoms with E-state index < -0.39 is 0 Å². The van der Waals surface area contributed by atoms with E-state index in [1.807, 2.05) is 13.0 Å². The molecule has 0 aliphatic heterocycles. The van der Waals surface area contributed by atoms with E-state index in [0.29, 0.717) is 0 Å². The van der Waals surface area contributed by atoms with Crippen LogP contribution >= 0.6 is 0 Å². The second-order valence-corrected chi connectivity index (χ2v) is 3.76. The van der Waals surface area contributed by atoms with Crippen LogP contribution in [0, 0.1) is 6.92 Å². The third-order valence-electron chi connectivity index (χ3n) is 2.11. The second-order valence-electron chi connectivity index (χ2n) is 3.76. The van der Waals surface area contributed by atoms with Crippen molar-refractivity contribution in [2.24, 2.45) is 0 Å². The van der Waals surface area contributed by atoms with Crippen molar-refractivity contribution in [2.75, 3.05) is 0 Å². The van der Waals surface area contributed by atoms with Crippen LogP contribution in [-0.4, -0.2) is 0 Å². The number of unbranched alkanes of at least 4 members (excludes halogenated alkanes) is 2. The first-order chi connectivity index (χ1) is 6.66. The quantitative estimate of drug-likeness (QED) is 0.402. The SMILES string of the molecule is [CH]/C(C)=C/CC/C(C)=C/CCCC=C. The lowest BCUT2D eigenvalue weighted by molar-refractivity contribution is 0.851. The minimum absolute atomic E-state index is 0.921. The third kappa shape index (κ3) is 9.31. The molecule has 0 aliphatic rings. The summed E-state index contributed by atoms with van der Waals surface area (Å²) < 4.78 is 0. The fourth-order valence-corrected chi connectivity index (χ4v) is 1.24. The predicted molar refractivity (Wildman–Crippen MR) is 65.1 cm³/mol. The molecule has 0 N–H and O–H groups in total. The summed E-state index contributed by atoms with van der Waals surface area (Å²) in [4.78, 5) is 0. The summed E-state index contributed by atoms with van der Waals surface area (Å²) >= 11 is 0. The summed E-state index contributed by atoms with van der Waals surface area (Å²) in [5.74, 6) is 0. The Bertz CT molecular complexity index is 202. The van der Waals surface area contributed by atoms with Crippen molar-refractivity contribution < 1.29 is 0 Å². The van der Waals surface area contributed by atoms with Crippen LogP contribution in [0.25, 0.3) is 0 Å². The molecule has 0 fully saturated rings. The highest BCUT2D eigenvalue weighted by molar-refractivity contribution is 5.05. The maximum Gasteiger partial charge on any atom is -0.00630 e. The lowest BCUT2D eigenvalue weighted by Crippen LogP contribution is -1.78. The van der Waals surface area contributed by atoms with Crippen LogP contribution in [0.15, 0.2) is 36.0 Å². The molecule has 0 aromatic heterocycles. The summed E-state index contributed by atoms with van der Waals surface area (Å²) in [5, 5.41) is 0. The molecular formula is C14H22. The zero-order valence-corrected chi connectivity index (χ0v) is 9.55. The van der Waals surface area contributed by atoms with Gasteiger partial charge >= 0.3 is 0 Å². The van der Waals surface area contributed by atoms with Crippen molar-refractivity contribution in [1.29, 1.82) is 0 Å². The molecule has 0 unspecified atom stereocenters. The van der Waals surface area contributed by atoms with E-state index in [-0.39, 0.29) is 0 Å². The summed E-state index contributed by atoms with van der Waals surface area (Å²) in [7, 11) is 0. The Balaban J connectivity index is 3.56. The molecular weight excluding hydrogens is 168 g/mol. The van der Waals surface area contributed by atoms with E-state index in [9.17, 15) is 0 Å². The summed E-state index contributed by atoms with van der Waals surface area (Å²) in [6.07, 6.45) is 12.1. The molecule has 0 rings (SSSR count). The first-order valence-corrected chi connectivity index (χ1v) is 5.35. The number of allylic oxidation sites excluding steroid dienone is 5. The molecule has 2 radical (unpaired) electrons. The smallest absolute Gasteiger partial charge is 0.00630 e. The highest BCUT2D eigenvalue weighted by Crippen LogP contribution is 2.09. The van der Waals surface area contributed by atoms with E-state index in [2.05, 4.69) is 25.7 Å². The average molecular weight is 190 g/mol. The lowest BCUT2D eigenvalue weighted by atomic mass is 10.1. The minimum atomic E-state index is 0.921. The van der Waals surface area contributed by atoms with Crippen molar-refractivity contribution in [2.45, 2.75) is 46.0 Å². The maximum absolute atomic E-state index is 5.55. The molecule has 0 saturated heterocycles. The topological polar surface area (TPSA) is 0 Å². The van der Waals surface area contributed by atoms with E-state index >= 15 is 0 Å². The van der Waals surface area contributed by atoms with E-state index in [0.717, 1.165) is 24.8 Å². The molecule has 0 bridgehead atoms. The van der Waals surface area contributed by atoms with Crippen LogP contribution in [0.4, 0.5) is 0 Å².